The van der Waals surface area contributed by atoms with Crippen molar-refractivity contribution in [3.63, 3.8) is 0 Å². The Morgan fingerprint density at radius 2 is 1.95 bits per heavy atom. The lowest BCUT2D eigenvalue weighted by Crippen LogP contribution is -2.13. The second-order valence-electron chi connectivity index (χ2n) is 5.30. The zero-order valence-corrected chi connectivity index (χ0v) is 12.7. The molecule has 1 N–H and O–H groups in total. The van der Waals surface area contributed by atoms with Gasteiger partial charge in [-0.3, -0.25) is 0 Å². The van der Waals surface area contributed by atoms with Crippen molar-refractivity contribution in [1.82, 2.24) is 10.1 Å². The summed E-state index contributed by atoms with van der Waals surface area (Å²) in [6.45, 7) is 6.64. The van der Waals surface area contributed by atoms with Gasteiger partial charge in [-0.1, -0.05) is 49.3 Å². The van der Waals surface area contributed by atoms with E-state index in [0.29, 0.717) is 24.7 Å². The van der Waals surface area contributed by atoms with Crippen LogP contribution in [0.5, 0.6) is 0 Å². The van der Waals surface area contributed by atoms with Gasteiger partial charge in [-0.2, -0.15) is 4.98 Å². The van der Waals surface area contributed by atoms with Crippen LogP contribution >= 0.6 is 0 Å². The van der Waals surface area contributed by atoms with E-state index in [2.05, 4.69) is 24.0 Å². The summed E-state index contributed by atoms with van der Waals surface area (Å²) < 4.78 is 10.9. The third kappa shape index (κ3) is 4.12. The first-order chi connectivity index (χ1) is 10.1. The van der Waals surface area contributed by atoms with Crippen LogP contribution in [0.4, 0.5) is 0 Å². The molecule has 0 aliphatic rings. The lowest BCUT2D eigenvalue weighted by molar-refractivity contribution is 0.0217. The average molecular weight is 290 g/mol. The van der Waals surface area contributed by atoms with Gasteiger partial charge < -0.3 is 14.4 Å². The number of rotatable bonds is 7. The fourth-order valence-corrected chi connectivity index (χ4v) is 2.17. The van der Waals surface area contributed by atoms with Gasteiger partial charge in [-0.15, -0.1) is 0 Å². The maximum absolute atomic E-state index is 10.2. The number of hydrogen-bond acceptors (Lipinski definition) is 5. The van der Waals surface area contributed by atoms with E-state index in [1.54, 1.807) is 0 Å². The monoisotopic (exact) mass is 290 g/mol. The lowest BCUT2D eigenvalue weighted by Gasteiger charge is -2.16. The van der Waals surface area contributed by atoms with E-state index < -0.39 is 6.10 Å². The van der Waals surface area contributed by atoms with Gasteiger partial charge in [0.2, 0.25) is 11.7 Å². The molecule has 5 heteroatoms. The molecule has 1 aromatic heterocycles. The van der Waals surface area contributed by atoms with E-state index in [0.717, 1.165) is 5.56 Å². The highest BCUT2D eigenvalue weighted by atomic mass is 16.5. The third-order valence-electron chi connectivity index (χ3n) is 3.24. The van der Waals surface area contributed by atoms with E-state index in [4.69, 9.17) is 9.26 Å². The Bertz CT molecular complexity index is 539. The molecule has 0 radical (unpaired) electrons. The third-order valence-corrected chi connectivity index (χ3v) is 3.24. The maximum Gasteiger partial charge on any atom is 0.229 e. The molecule has 2 rings (SSSR count). The summed E-state index contributed by atoms with van der Waals surface area (Å²) in [5, 5.41) is 14.2. The standard InChI is InChI=1S/C16H22N2O3/c1-4-20-15(11(2)3)16-17-14(21-18-16)10-13(19)12-8-6-5-7-9-12/h5-9,11,13,15,19H,4,10H2,1-3H3. The predicted molar refractivity (Wildman–Crippen MR) is 78.6 cm³/mol. The van der Waals surface area contributed by atoms with Crippen molar-refractivity contribution in [3.8, 4) is 0 Å². The van der Waals surface area contributed by atoms with Crippen LogP contribution in [0.15, 0.2) is 34.9 Å². The van der Waals surface area contributed by atoms with Crippen LogP contribution < -0.4 is 0 Å². The van der Waals surface area contributed by atoms with Crippen molar-refractivity contribution >= 4 is 0 Å². The molecule has 0 bridgehead atoms. The largest absolute Gasteiger partial charge is 0.388 e. The smallest absolute Gasteiger partial charge is 0.229 e. The predicted octanol–water partition coefficient (Wildman–Crippen LogP) is 3.08. The Morgan fingerprint density at radius 1 is 1.24 bits per heavy atom. The van der Waals surface area contributed by atoms with E-state index >= 15 is 0 Å². The molecule has 0 aliphatic carbocycles. The normalized spacial score (nSPS) is 14.3. The highest BCUT2D eigenvalue weighted by Crippen LogP contribution is 2.24. The fourth-order valence-electron chi connectivity index (χ4n) is 2.17. The first-order valence-electron chi connectivity index (χ1n) is 7.29. The number of nitrogens with zero attached hydrogens (tertiary/aromatic N) is 2. The van der Waals surface area contributed by atoms with Gasteiger partial charge in [0, 0.05) is 6.61 Å². The van der Waals surface area contributed by atoms with Gasteiger partial charge in [-0.05, 0) is 18.4 Å². The minimum absolute atomic E-state index is 0.179. The van der Waals surface area contributed by atoms with Crippen molar-refractivity contribution in [1.29, 1.82) is 0 Å². The van der Waals surface area contributed by atoms with Crippen molar-refractivity contribution in [2.75, 3.05) is 6.61 Å². The van der Waals surface area contributed by atoms with Gasteiger partial charge in [0.25, 0.3) is 0 Å². The Labute approximate surface area is 125 Å². The Balaban J connectivity index is 2.06. The van der Waals surface area contributed by atoms with Crippen LogP contribution in [0.25, 0.3) is 0 Å². The highest BCUT2D eigenvalue weighted by molar-refractivity contribution is 5.18. The Hall–Kier alpha value is -1.72. The summed E-state index contributed by atoms with van der Waals surface area (Å²) in [6, 6.07) is 9.44. The molecular weight excluding hydrogens is 268 g/mol. The zero-order chi connectivity index (χ0) is 15.2. The van der Waals surface area contributed by atoms with Gasteiger partial charge in [0.05, 0.1) is 12.5 Å². The molecule has 114 valence electrons. The van der Waals surface area contributed by atoms with Gasteiger partial charge >= 0.3 is 0 Å². The summed E-state index contributed by atoms with van der Waals surface area (Å²) >= 11 is 0. The summed E-state index contributed by atoms with van der Waals surface area (Å²) in [6.07, 6.45) is -0.529. The average Bonchev–Trinajstić information content (AvgIpc) is 2.93. The van der Waals surface area contributed by atoms with E-state index in [1.807, 2.05) is 37.3 Å². The van der Waals surface area contributed by atoms with Crippen LogP contribution in [-0.4, -0.2) is 21.9 Å². The van der Waals surface area contributed by atoms with Crippen molar-refractivity contribution in [3.05, 3.63) is 47.6 Å². The number of aromatic nitrogens is 2. The molecule has 2 unspecified atom stereocenters. The molecule has 0 fully saturated rings. The molecule has 0 saturated carbocycles. The van der Waals surface area contributed by atoms with Crippen LogP contribution in [0.3, 0.4) is 0 Å². The Kier molecular flexibility index (Phi) is 5.47. The minimum atomic E-state index is -0.649. The van der Waals surface area contributed by atoms with E-state index in [1.165, 1.54) is 0 Å². The maximum atomic E-state index is 10.2. The quantitative estimate of drug-likeness (QED) is 0.848. The topological polar surface area (TPSA) is 68.4 Å². The molecule has 2 atom stereocenters. The highest BCUT2D eigenvalue weighted by Gasteiger charge is 2.23. The summed E-state index contributed by atoms with van der Waals surface area (Å²) in [5.41, 5.74) is 0.836. The molecule has 1 heterocycles. The lowest BCUT2D eigenvalue weighted by atomic mass is 10.1. The van der Waals surface area contributed by atoms with Crippen LogP contribution in [-0.2, 0) is 11.2 Å². The van der Waals surface area contributed by atoms with Crippen molar-refractivity contribution in [2.45, 2.75) is 39.4 Å². The molecule has 1 aromatic carbocycles. The van der Waals surface area contributed by atoms with Crippen molar-refractivity contribution < 1.29 is 14.4 Å². The first kappa shape index (κ1) is 15.7. The van der Waals surface area contributed by atoms with E-state index in [9.17, 15) is 5.11 Å². The van der Waals surface area contributed by atoms with Gasteiger partial charge in [0.15, 0.2) is 0 Å². The molecule has 0 aliphatic heterocycles. The minimum Gasteiger partial charge on any atom is -0.388 e. The number of benzene rings is 1. The molecule has 21 heavy (non-hydrogen) atoms. The summed E-state index contributed by atoms with van der Waals surface area (Å²) in [4.78, 5) is 4.35. The molecule has 5 nitrogen and oxygen atoms in total. The molecule has 0 amide bonds. The van der Waals surface area contributed by atoms with Crippen LogP contribution in [0, 0.1) is 5.92 Å². The SMILES string of the molecule is CCOC(c1noc(CC(O)c2ccccc2)n1)C(C)C. The van der Waals surface area contributed by atoms with Gasteiger partial charge in [0.1, 0.15) is 6.10 Å². The molecule has 0 spiro atoms. The Morgan fingerprint density at radius 3 is 2.57 bits per heavy atom. The molecule has 2 aromatic rings. The second kappa shape index (κ2) is 7.33. The van der Waals surface area contributed by atoms with Crippen molar-refractivity contribution in [2.24, 2.45) is 5.92 Å². The first-order valence-corrected chi connectivity index (χ1v) is 7.29. The van der Waals surface area contributed by atoms with Crippen LogP contribution in [0.2, 0.25) is 0 Å². The number of hydrogen-bond donors (Lipinski definition) is 1. The molecule has 0 saturated heterocycles. The summed E-state index contributed by atoms with van der Waals surface area (Å²) in [5.74, 6) is 1.23. The second-order valence-corrected chi connectivity index (χ2v) is 5.30. The van der Waals surface area contributed by atoms with Gasteiger partial charge in [-0.25, -0.2) is 0 Å². The molecular formula is C16H22N2O3. The zero-order valence-electron chi connectivity index (χ0n) is 12.7. The number of aliphatic hydroxyl groups is 1. The van der Waals surface area contributed by atoms with Crippen LogP contribution in [0.1, 0.15) is 50.3 Å². The fraction of sp³-hybridized carbons (Fsp3) is 0.500. The summed E-state index contributed by atoms with van der Waals surface area (Å²) in [7, 11) is 0. The number of aliphatic hydroxyl groups excluding tert-OH is 1. The number of ether oxygens (including phenoxy) is 1. The van der Waals surface area contributed by atoms with E-state index in [-0.39, 0.29) is 12.0 Å².